The number of hydrogen-bond acceptors (Lipinski definition) is 8. The molecule has 7 rings (SSSR count). The maximum atomic E-state index is 12.7. The molecule has 1 aliphatic heterocycles. The number of fused-ring (bicyclic) bond motifs is 1. The van der Waals surface area contributed by atoms with E-state index in [4.69, 9.17) is 38.0 Å². The molecule has 10 heteroatoms. The molecule has 0 amide bonds. The zero-order valence-electron chi connectivity index (χ0n) is 20.1. The Morgan fingerprint density at radius 1 is 1.25 bits per heavy atom. The van der Waals surface area contributed by atoms with Gasteiger partial charge in [-0.3, -0.25) is 0 Å². The number of rotatable bonds is 6. The number of nitrogens with zero attached hydrogens (tertiary/aromatic N) is 3. The Labute approximate surface area is 214 Å². The van der Waals surface area contributed by atoms with Gasteiger partial charge < -0.3 is 29.6 Å². The van der Waals surface area contributed by atoms with Crippen molar-refractivity contribution in [3.8, 4) is 12.3 Å². The number of nitrogen functional groups attached to an aromatic ring is 1. The van der Waals surface area contributed by atoms with E-state index in [0.29, 0.717) is 23.1 Å². The van der Waals surface area contributed by atoms with Crippen molar-refractivity contribution in [1.29, 1.82) is 0 Å². The highest BCUT2D eigenvalue weighted by molar-refractivity contribution is 6.28. The normalized spacial score (nSPS) is 36.8. The molecule has 0 radical (unpaired) electrons. The summed E-state index contributed by atoms with van der Waals surface area (Å²) in [7, 11) is 0. The van der Waals surface area contributed by atoms with Crippen LogP contribution in [0.5, 0.6) is 0 Å². The van der Waals surface area contributed by atoms with Gasteiger partial charge in [-0.05, 0) is 85.8 Å². The molecule has 3 N–H and O–H groups in total. The predicted octanol–water partition coefficient (Wildman–Crippen LogP) is 4.08. The molecule has 9 nitrogen and oxygen atoms in total. The number of hydrogen-bond donors (Lipinski definition) is 2. The first-order chi connectivity index (χ1) is 17.3. The van der Waals surface area contributed by atoms with E-state index in [-0.39, 0.29) is 17.5 Å². The second kappa shape index (κ2) is 8.79. The molecular formula is C26H31ClN4O5. The third-order valence-corrected chi connectivity index (χ3v) is 9.07. The Kier molecular flexibility index (Phi) is 5.82. The Bertz CT molecular complexity index is 1190. The second-order valence-corrected chi connectivity index (χ2v) is 11.5. The van der Waals surface area contributed by atoms with E-state index in [9.17, 15) is 9.90 Å². The van der Waals surface area contributed by atoms with E-state index in [2.05, 4.69) is 15.9 Å². The quantitative estimate of drug-likeness (QED) is 0.336. The number of carbonyl (C=O) groups is 1. The lowest BCUT2D eigenvalue weighted by Crippen LogP contribution is -2.46. The summed E-state index contributed by atoms with van der Waals surface area (Å²) < 4.78 is 18.9. The molecule has 2 aromatic rings. The van der Waals surface area contributed by atoms with Crippen LogP contribution < -0.4 is 5.73 Å². The van der Waals surface area contributed by atoms with E-state index >= 15 is 0 Å². The smallest absolute Gasteiger partial charge is 0.434 e. The molecular weight excluding hydrogens is 484 g/mol. The second-order valence-electron chi connectivity index (χ2n) is 11.2. The zero-order valence-corrected chi connectivity index (χ0v) is 20.8. The van der Waals surface area contributed by atoms with Gasteiger partial charge in [0.05, 0.1) is 18.6 Å². The molecule has 4 bridgehead atoms. The van der Waals surface area contributed by atoms with Crippen molar-refractivity contribution in [2.75, 3.05) is 18.9 Å². The summed E-state index contributed by atoms with van der Waals surface area (Å²) >= 11 is 6.00. The predicted molar refractivity (Wildman–Crippen MR) is 132 cm³/mol. The van der Waals surface area contributed by atoms with Crippen LogP contribution in [0.3, 0.4) is 0 Å². The number of anilines is 1. The molecule has 0 unspecified atom stereocenters. The number of nitrogens with two attached hydrogens (primary N) is 1. The molecule has 3 heterocycles. The Morgan fingerprint density at radius 3 is 2.58 bits per heavy atom. The van der Waals surface area contributed by atoms with Gasteiger partial charge in [-0.15, -0.1) is 6.42 Å². The lowest BCUT2D eigenvalue weighted by atomic mass is 9.49. The summed E-state index contributed by atoms with van der Waals surface area (Å²) in [5, 5.41) is 10.7. The van der Waals surface area contributed by atoms with Crippen molar-refractivity contribution in [2.24, 2.45) is 23.2 Å². The van der Waals surface area contributed by atoms with Gasteiger partial charge in [0.25, 0.3) is 0 Å². The van der Waals surface area contributed by atoms with Crippen LogP contribution in [0.15, 0.2) is 12.3 Å². The minimum Gasteiger partial charge on any atom is -0.434 e. The first kappa shape index (κ1) is 23.8. The standard InChI is InChI=1S/C26H31ClN4O5/c1-2-26(14-32)19(10-20(36-26)31-5-3-18-21(28)29-23(27)30-22(18)31)35-24(33)34-6-4-25-11-15-7-16(12-25)9-17(8-15)13-25/h1,3,5,15-17,19-20,32H,4,6-14H2,(H2,28,29,30)/t15?,16?,17?,19-,20+,25?,26+/m0/s1. The number of aromatic nitrogens is 3. The minimum absolute atomic E-state index is 0.00119. The SMILES string of the molecule is C#C[C@]1(CO)O[C@@H](n2ccc3c(N)nc(Cl)nc32)C[C@@H]1OC(=O)OCCC12CC3CC(CC(C3)C1)C2. The zero-order chi connectivity index (χ0) is 25.1. The van der Waals surface area contributed by atoms with E-state index < -0.39 is 30.7 Å². The summed E-state index contributed by atoms with van der Waals surface area (Å²) in [5.41, 5.74) is 5.22. The van der Waals surface area contributed by atoms with Gasteiger partial charge in [-0.25, -0.2) is 9.78 Å². The van der Waals surface area contributed by atoms with Crippen molar-refractivity contribution in [2.45, 2.75) is 69.3 Å². The van der Waals surface area contributed by atoms with Gasteiger partial charge >= 0.3 is 6.16 Å². The molecule has 5 aliphatic rings. The molecule has 1 saturated heterocycles. The summed E-state index contributed by atoms with van der Waals surface area (Å²) in [4.78, 5) is 20.9. The fourth-order valence-electron chi connectivity index (χ4n) is 7.72. The van der Waals surface area contributed by atoms with Gasteiger partial charge in [0.15, 0.2) is 11.7 Å². The van der Waals surface area contributed by atoms with Gasteiger partial charge in [0.2, 0.25) is 5.28 Å². The van der Waals surface area contributed by atoms with E-state index in [0.717, 1.165) is 24.2 Å². The number of aliphatic hydroxyl groups excluding tert-OH is 1. The molecule has 192 valence electrons. The van der Waals surface area contributed by atoms with Crippen molar-refractivity contribution in [3.05, 3.63) is 17.5 Å². The van der Waals surface area contributed by atoms with E-state index in [1.54, 1.807) is 16.8 Å². The fourth-order valence-corrected chi connectivity index (χ4v) is 7.90. The van der Waals surface area contributed by atoms with E-state index in [1.165, 1.54) is 38.5 Å². The first-order valence-electron chi connectivity index (χ1n) is 12.7. The van der Waals surface area contributed by atoms with E-state index in [1.807, 2.05) is 0 Å². The molecule has 36 heavy (non-hydrogen) atoms. The fraction of sp³-hybridized carbons (Fsp3) is 0.654. The summed E-state index contributed by atoms with van der Waals surface area (Å²) in [5.74, 6) is 5.26. The lowest BCUT2D eigenvalue weighted by molar-refractivity contribution is -0.100. The average molecular weight is 515 g/mol. The van der Waals surface area contributed by atoms with Gasteiger partial charge in [0, 0.05) is 12.6 Å². The number of aliphatic hydroxyl groups is 1. The minimum atomic E-state index is -1.51. The highest BCUT2D eigenvalue weighted by Gasteiger charge is 2.52. The van der Waals surface area contributed by atoms with Crippen LogP contribution >= 0.6 is 11.6 Å². The third-order valence-electron chi connectivity index (χ3n) is 8.90. The Balaban J connectivity index is 1.12. The highest BCUT2D eigenvalue weighted by atomic mass is 35.5. The number of terminal acetylenes is 1. The topological polar surface area (TPSA) is 122 Å². The largest absolute Gasteiger partial charge is 0.508 e. The van der Waals surface area contributed by atoms with Crippen LogP contribution in [0, 0.1) is 35.5 Å². The van der Waals surface area contributed by atoms with Crippen LogP contribution in [0.2, 0.25) is 5.28 Å². The number of halogens is 1. The van der Waals surface area contributed by atoms with Crippen molar-refractivity contribution in [1.82, 2.24) is 14.5 Å². The monoisotopic (exact) mass is 514 g/mol. The summed E-state index contributed by atoms with van der Waals surface area (Å²) in [6.07, 6.45) is 14.1. The maximum Gasteiger partial charge on any atom is 0.508 e. The van der Waals surface area contributed by atoms with Gasteiger partial charge in [0.1, 0.15) is 17.7 Å². The average Bonchev–Trinajstić information content (AvgIpc) is 3.40. The highest BCUT2D eigenvalue weighted by Crippen LogP contribution is 2.61. The summed E-state index contributed by atoms with van der Waals surface area (Å²) in [6.45, 7) is -0.205. The van der Waals surface area contributed by atoms with Crippen LogP contribution in [-0.4, -0.2) is 50.7 Å². The van der Waals surface area contributed by atoms with Crippen LogP contribution in [-0.2, 0) is 14.2 Å². The van der Waals surface area contributed by atoms with Crippen molar-refractivity contribution < 1.29 is 24.1 Å². The van der Waals surface area contributed by atoms with Crippen LogP contribution in [0.4, 0.5) is 10.6 Å². The molecule has 2 aromatic heterocycles. The maximum absolute atomic E-state index is 12.7. The van der Waals surface area contributed by atoms with Crippen molar-refractivity contribution in [3.63, 3.8) is 0 Å². The Morgan fingerprint density at radius 2 is 1.94 bits per heavy atom. The lowest BCUT2D eigenvalue weighted by Gasteiger charge is -2.57. The number of carbonyl (C=O) groups excluding carboxylic acids is 1. The molecule has 3 atom stereocenters. The molecule has 4 saturated carbocycles. The first-order valence-corrected chi connectivity index (χ1v) is 13.1. The molecule has 4 aliphatic carbocycles. The molecule has 5 fully saturated rings. The molecule has 0 aromatic carbocycles. The van der Waals surface area contributed by atoms with Crippen molar-refractivity contribution >= 4 is 34.6 Å². The molecule has 0 spiro atoms. The number of ether oxygens (including phenoxy) is 3. The van der Waals surface area contributed by atoms with Crippen LogP contribution in [0.1, 0.15) is 57.6 Å². The van der Waals surface area contributed by atoms with Gasteiger partial charge in [-0.1, -0.05) is 5.92 Å². The Hall–Kier alpha value is -2.54. The van der Waals surface area contributed by atoms with Crippen LogP contribution in [0.25, 0.3) is 11.0 Å². The summed E-state index contributed by atoms with van der Waals surface area (Å²) in [6, 6.07) is 1.74. The van der Waals surface area contributed by atoms with Gasteiger partial charge in [-0.2, -0.15) is 4.98 Å². The third kappa shape index (κ3) is 4.00.